The predicted octanol–water partition coefficient (Wildman–Crippen LogP) is 2.79. The highest BCUT2D eigenvalue weighted by molar-refractivity contribution is 5.79. The minimum absolute atomic E-state index is 0.0676. The molecule has 2 aromatic rings. The number of aliphatic hydroxyl groups is 1. The molecular weight excluding hydrogens is 340 g/mol. The van der Waals surface area contributed by atoms with Crippen LogP contribution in [0.1, 0.15) is 17.0 Å². The van der Waals surface area contributed by atoms with Gasteiger partial charge in [-0.1, -0.05) is 48.5 Å². The smallest absolute Gasteiger partial charge is 0.409 e. The van der Waals surface area contributed by atoms with Crippen molar-refractivity contribution < 1.29 is 14.6 Å². The van der Waals surface area contributed by atoms with Gasteiger partial charge < -0.3 is 19.6 Å². The van der Waals surface area contributed by atoms with E-state index >= 15 is 0 Å². The lowest BCUT2D eigenvalue weighted by Crippen LogP contribution is -2.37. The number of ether oxygens (including phenoxy) is 1. The molecule has 1 saturated heterocycles. The van der Waals surface area contributed by atoms with E-state index in [1.165, 1.54) is 22.3 Å². The number of fused-ring (bicyclic) bond motifs is 3. The van der Waals surface area contributed by atoms with Gasteiger partial charge in [0, 0.05) is 44.6 Å². The molecule has 0 bridgehead atoms. The van der Waals surface area contributed by atoms with Crippen LogP contribution in [0.15, 0.2) is 48.5 Å². The van der Waals surface area contributed by atoms with Crippen LogP contribution in [0, 0.1) is 5.92 Å². The molecule has 142 valence electrons. The summed E-state index contributed by atoms with van der Waals surface area (Å²) in [5.41, 5.74) is 4.89. The lowest BCUT2D eigenvalue weighted by molar-refractivity contribution is 0.0929. The highest BCUT2D eigenvalue weighted by Crippen LogP contribution is 2.44. The van der Waals surface area contributed by atoms with Gasteiger partial charge in [-0.3, -0.25) is 0 Å². The van der Waals surface area contributed by atoms with Gasteiger partial charge in [0.1, 0.15) is 6.61 Å². The van der Waals surface area contributed by atoms with Gasteiger partial charge >= 0.3 is 6.09 Å². The number of amides is 1. The Hall–Kier alpha value is -2.37. The Bertz CT molecular complexity index is 777. The fourth-order valence-corrected chi connectivity index (χ4v) is 4.25. The Balaban J connectivity index is 1.48. The second-order valence-electron chi connectivity index (χ2n) is 7.56. The number of nitrogens with zero attached hydrogens (tertiary/aromatic N) is 2. The Morgan fingerprint density at radius 2 is 1.67 bits per heavy atom. The first-order valence-corrected chi connectivity index (χ1v) is 9.56. The molecule has 1 N–H and O–H groups in total. The van der Waals surface area contributed by atoms with Crippen molar-refractivity contribution in [2.75, 3.05) is 46.4 Å². The molecule has 1 aliphatic carbocycles. The number of carbonyl (C=O) groups is 1. The summed E-state index contributed by atoms with van der Waals surface area (Å²) in [7, 11) is 2.02. The van der Waals surface area contributed by atoms with E-state index in [-0.39, 0.29) is 24.5 Å². The summed E-state index contributed by atoms with van der Waals surface area (Å²) in [5.74, 6) is 0.141. The molecule has 27 heavy (non-hydrogen) atoms. The summed E-state index contributed by atoms with van der Waals surface area (Å²) in [5, 5.41) is 9.55. The second kappa shape index (κ2) is 7.71. The van der Waals surface area contributed by atoms with Crippen LogP contribution in [0.4, 0.5) is 4.79 Å². The average molecular weight is 366 g/mol. The zero-order valence-corrected chi connectivity index (χ0v) is 15.7. The molecule has 1 unspecified atom stereocenters. The fourth-order valence-electron chi connectivity index (χ4n) is 4.25. The lowest BCUT2D eigenvalue weighted by atomic mass is 9.98. The van der Waals surface area contributed by atoms with E-state index in [9.17, 15) is 9.90 Å². The van der Waals surface area contributed by atoms with Gasteiger partial charge in [-0.2, -0.15) is 0 Å². The summed E-state index contributed by atoms with van der Waals surface area (Å²) in [4.78, 5) is 16.6. The van der Waals surface area contributed by atoms with E-state index in [1.807, 2.05) is 31.3 Å². The average Bonchev–Trinajstić information content (AvgIpc) is 2.88. The number of likely N-dealkylation sites (N-methyl/N-ethyl adjacent to an activating group) is 1. The van der Waals surface area contributed by atoms with E-state index in [2.05, 4.69) is 29.2 Å². The molecule has 0 radical (unpaired) electrons. The molecule has 2 aromatic carbocycles. The van der Waals surface area contributed by atoms with Crippen LogP contribution >= 0.6 is 0 Å². The molecule has 2 aliphatic rings. The van der Waals surface area contributed by atoms with Crippen molar-refractivity contribution in [2.45, 2.75) is 5.92 Å². The van der Waals surface area contributed by atoms with Crippen molar-refractivity contribution in [3.63, 3.8) is 0 Å². The van der Waals surface area contributed by atoms with Crippen molar-refractivity contribution in [2.24, 2.45) is 5.92 Å². The first-order valence-electron chi connectivity index (χ1n) is 9.56. The number of hydrogen-bond donors (Lipinski definition) is 1. The SMILES string of the molecule is CN1CCN(C(=O)OCC2c3ccccc3-c3ccccc32)CC(CO)C1. The Kier molecular flexibility index (Phi) is 5.14. The fraction of sp³-hybridized carbons (Fsp3) is 0.409. The number of carbonyl (C=O) groups excluding carboxylic acids is 1. The zero-order chi connectivity index (χ0) is 18.8. The Morgan fingerprint density at radius 3 is 2.30 bits per heavy atom. The summed E-state index contributed by atoms with van der Waals surface area (Å²) >= 11 is 0. The molecule has 0 aromatic heterocycles. The molecule has 1 amide bonds. The van der Waals surface area contributed by atoms with Gasteiger partial charge in [-0.25, -0.2) is 4.79 Å². The van der Waals surface area contributed by atoms with E-state index in [0.717, 1.165) is 13.1 Å². The van der Waals surface area contributed by atoms with Gasteiger partial charge in [0.25, 0.3) is 0 Å². The first-order chi connectivity index (χ1) is 13.2. The molecule has 0 saturated carbocycles. The normalized spacial score (nSPS) is 20.1. The van der Waals surface area contributed by atoms with Crippen molar-refractivity contribution in [1.29, 1.82) is 0 Å². The summed E-state index contributed by atoms with van der Waals surface area (Å²) in [6, 6.07) is 16.7. The van der Waals surface area contributed by atoms with Crippen LogP contribution < -0.4 is 0 Å². The van der Waals surface area contributed by atoms with Crippen molar-refractivity contribution in [1.82, 2.24) is 9.80 Å². The van der Waals surface area contributed by atoms with E-state index in [1.54, 1.807) is 4.90 Å². The minimum Gasteiger partial charge on any atom is -0.448 e. The van der Waals surface area contributed by atoms with Gasteiger partial charge in [0.05, 0.1) is 0 Å². The van der Waals surface area contributed by atoms with Gasteiger partial charge in [0.2, 0.25) is 0 Å². The van der Waals surface area contributed by atoms with Crippen LogP contribution in [0.3, 0.4) is 0 Å². The van der Waals surface area contributed by atoms with Crippen LogP contribution in [-0.4, -0.2) is 67.4 Å². The van der Waals surface area contributed by atoms with E-state index < -0.39 is 0 Å². The highest BCUT2D eigenvalue weighted by atomic mass is 16.6. The summed E-state index contributed by atoms with van der Waals surface area (Å²) < 4.78 is 5.75. The maximum Gasteiger partial charge on any atom is 0.409 e. The quantitative estimate of drug-likeness (QED) is 0.908. The number of aliphatic hydroxyl groups excluding tert-OH is 1. The third-order valence-electron chi connectivity index (χ3n) is 5.65. The molecule has 1 fully saturated rings. The lowest BCUT2D eigenvalue weighted by Gasteiger charge is -2.23. The van der Waals surface area contributed by atoms with Crippen LogP contribution in [0.2, 0.25) is 0 Å². The topological polar surface area (TPSA) is 53.0 Å². The van der Waals surface area contributed by atoms with Gasteiger partial charge in [0.15, 0.2) is 0 Å². The summed E-state index contributed by atoms with van der Waals surface area (Å²) in [6.45, 7) is 3.17. The molecule has 0 spiro atoms. The monoisotopic (exact) mass is 366 g/mol. The van der Waals surface area contributed by atoms with Crippen LogP contribution in [0.5, 0.6) is 0 Å². The molecule has 4 rings (SSSR count). The first kappa shape index (κ1) is 18.0. The maximum atomic E-state index is 12.7. The van der Waals surface area contributed by atoms with Crippen molar-refractivity contribution >= 4 is 6.09 Å². The maximum absolute atomic E-state index is 12.7. The molecule has 5 nitrogen and oxygen atoms in total. The Labute approximate surface area is 160 Å². The van der Waals surface area contributed by atoms with Crippen molar-refractivity contribution in [3.05, 3.63) is 59.7 Å². The molecular formula is C22H26N2O3. The predicted molar refractivity (Wildman–Crippen MR) is 105 cm³/mol. The van der Waals surface area contributed by atoms with Gasteiger partial charge in [-0.05, 0) is 29.3 Å². The second-order valence-corrected chi connectivity index (χ2v) is 7.56. The molecule has 1 aliphatic heterocycles. The minimum atomic E-state index is -0.286. The van der Waals surface area contributed by atoms with Crippen LogP contribution in [0.25, 0.3) is 11.1 Å². The molecule has 1 heterocycles. The third-order valence-corrected chi connectivity index (χ3v) is 5.65. The highest BCUT2D eigenvalue weighted by Gasteiger charge is 2.30. The Morgan fingerprint density at radius 1 is 1.04 bits per heavy atom. The number of rotatable bonds is 3. The zero-order valence-electron chi connectivity index (χ0n) is 15.7. The van der Waals surface area contributed by atoms with Crippen molar-refractivity contribution in [3.8, 4) is 11.1 Å². The van der Waals surface area contributed by atoms with E-state index in [4.69, 9.17) is 4.74 Å². The number of hydrogen-bond acceptors (Lipinski definition) is 4. The summed E-state index contributed by atoms with van der Waals surface area (Å²) in [6.07, 6.45) is -0.286. The van der Waals surface area contributed by atoms with E-state index in [0.29, 0.717) is 19.7 Å². The number of benzene rings is 2. The standard InChI is InChI=1S/C22H26N2O3/c1-23-10-11-24(13-16(12-23)14-25)22(26)27-15-21-19-8-4-2-6-17(19)18-7-3-5-9-20(18)21/h2-9,16,21,25H,10-15H2,1H3. The molecule has 1 atom stereocenters. The molecule has 5 heteroatoms. The largest absolute Gasteiger partial charge is 0.448 e. The van der Waals surface area contributed by atoms with Crippen LogP contribution in [-0.2, 0) is 4.74 Å². The van der Waals surface area contributed by atoms with Gasteiger partial charge in [-0.15, -0.1) is 0 Å². The third kappa shape index (κ3) is 3.57.